The minimum absolute atomic E-state index is 0.0832. The number of carbonyl (C=O) groups excluding carboxylic acids is 1. The molecule has 0 aliphatic carbocycles. The number of rotatable bonds is 12. The molecule has 0 saturated heterocycles. The van der Waals surface area contributed by atoms with Crippen LogP contribution in [0, 0.1) is 0 Å². The standard InChI is InChI=1S/C15H30O7S2/c1-5-7-9-11-23(17,18)13(3)21-15(16)22-14(4)24(19,20)12-10-8-6-2/h13-14H,5-12H2,1-4H3. The molecule has 0 aromatic carbocycles. The van der Waals surface area contributed by atoms with E-state index >= 15 is 0 Å². The minimum Gasteiger partial charge on any atom is -0.415 e. The Morgan fingerprint density at radius 2 is 1.08 bits per heavy atom. The predicted octanol–water partition coefficient (Wildman–Crippen LogP) is 3.04. The van der Waals surface area contributed by atoms with Crippen LogP contribution >= 0.6 is 0 Å². The third-order valence-corrected chi connectivity index (χ3v) is 7.53. The topological polar surface area (TPSA) is 104 Å². The molecule has 0 aliphatic heterocycles. The second kappa shape index (κ2) is 10.9. The summed E-state index contributed by atoms with van der Waals surface area (Å²) in [7, 11) is -7.18. The van der Waals surface area contributed by atoms with Crippen LogP contribution < -0.4 is 0 Å². The quantitative estimate of drug-likeness (QED) is 0.375. The van der Waals surface area contributed by atoms with E-state index < -0.39 is 36.7 Å². The molecule has 0 rings (SSSR count). The summed E-state index contributed by atoms with van der Waals surface area (Å²) >= 11 is 0. The highest BCUT2D eigenvalue weighted by Gasteiger charge is 2.29. The lowest BCUT2D eigenvalue weighted by molar-refractivity contribution is 0.0430. The fraction of sp³-hybridized carbons (Fsp3) is 0.933. The van der Waals surface area contributed by atoms with Gasteiger partial charge in [-0.25, -0.2) is 21.6 Å². The number of unbranched alkanes of at least 4 members (excludes halogenated alkanes) is 4. The zero-order valence-corrected chi connectivity index (χ0v) is 16.6. The van der Waals surface area contributed by atoms with Crippen LogP contribution in [0.2, 0.25) is 0 Å². The Hall–Kier alpha value is -0.830. The molecule has 0 aromatic rings. The van der Waals surface area contributed by atoms with E-state index in [4.69, 9.17) is 9.47 Å². The van der Waals surface area contributed by atoms with E-state index in [-0.39, 0.29) is 11.5 Å². The Labute approximate surface area is 145 Å². The molecule has 0 aliphatic rings. The third kappa shape index (κ3) is 8.86. The van der Waals surface area contributed by atoms with Gasteiger partial charge in [0.2, 0.25) is 10.9 Å². The van der Waals surface area contributed by atoms with Gasteiger partial charge in [-0.3, -0.25) is 0 Å². The molecule has 2 unspecified atom stereocenters. The van der Waals surface area contributed by atoms with E-state index in [0.29, 0.717) is 12.8 Å². The summed E-state index contributed by atoms with van der Waals surface area (Å²) in [5.74, 6) is -0.166. The van der Waals surface area contributed by atoms with Gasteiger partial charge < -0.3 is 9.47 Å². The van der Waals surface area contributed by atoms with Crippen LogP contribution in [-0.4, -0.2) is 45.4 Å². The van der Waals surface area contributed by atoms with Crippen molar-refractivity contribution in [1.82, 2.24) is 0 Å². The average molecular weight is 387 g/mol. The van der Waals surface area contributed by atoms with Crippen LogP contribution in [0.15, 0.2) is 0 Å². The van der Waals surface area contributed by atoms with E-state index in [2.05, 4.69) is 0 Å². The molecular weight excluding hydrogens is 356 g/mol. The molecule has 0 spiro atoms. The lowest BCUT2D eigenvalue weighted by atomic mass is 10.3. The molecule has 0 aromatic heterocycles. The molecular formula is C15H30O7S2. The van der Waals surface area contributed by atoms with Gasteiger partial charge in [0, 0.05) is 0 Å². The van der Waals surface area contributed by atoms with E-state index in [1.54, 1.807) is 0 Å². The highest BCUT2D eigenvalue weighted by atomic mass is 32.2. The van der Waals surface area contributed by atoms with Crippen LogP contribution in [-0.2, 0) is 29.1 Å². The van der Waals surface area contributed by atoms with Gasteiger partial charge in [-0.2, -0.15) is 0 Å². The second-order valence-electron chi connectivity index (χ2n) is 5.77. The molecule has 0 bridgehead atoms. The Morgan fingerprint density at radius 3 is 1.38 bits per heavy atom. The first-order valence-electron chi connectivity index (χ1n) is 8.37. The molecule has 0 amide bonds. The van der Waals surface area contributed by atoms with Gasteiger partial charge in [-0.1, -0.05) is 39.5 Å². The number of ether oxygens (including phenoxy) is 2. The maximum absolute atomic E-state index is 11.9. The largest absolute Gasteiger partial charge is 0.510 e. The molecule has 0 fully saturated rings. The monoisotopic (exact) mass is 386 g/mol. The summed E-state index contributed by atoms with van der Waals surface area (Å²) in [6.07, 6.45) is 2.98. The predicted molar refractivity (Wildman–Crippen MR) is 93.1 cm³/mol. The Morgan fingerprint density at radius 1 is 0.750 bits per heavy atom. The number of carbonyl (C=O) groups is 1. The lowest BCUT2D eigenvalue weighted by Crippen LogP contribution is -2.31. The minimum atomic E-state index is -3.59. The van der Waals surface area contributed by atoms with Gasteiger partial charge in [0.25, 0.3) is 0 Å². The first-order valence-corrected chi connectivity index (χ1v) is 11.8. The van der Waals surface area contributed by atoms with Crippen molar-refractivity contribution in [3.8, 4) is 0 Å². The Kier molecular flexibility index (Phi) is 10.5. The highest BCUT2D eigenvalue weighted by molar-refractivity contribution is 7.92. The summed E-state index contributed by atoms with van der Waals surface area (Å²) in [4.78, 5) is 11.6. The number of sulfone groups is 2. The normalized spacial score (nSPS) is 14.8. The van der Waals surface area contributed by atoms with E-state index in [0.717, 1.165) is 25.7 Å². The first-order chi connectivity index (χ1) is 11.1. The van der Waals surface area contributed by atoms with Crippen LogP contribution in [0.25, 0.3) is 0 Å². The Bertz CT molecular complexity index is 517. The fourth-order valence-corrected chi connectivity index (χ4v) is 4.21. The molecule has 24 heavy (non-hydrogen) atoms. The molecule has 0 radical (unpaired) electrons. The van der Waals surface area contributed by atoms with Crippen molar-refractivity contribution < 1.29 is 31.1 Å². The van der Waals surface area contributed by atoms with Gasteiger partial charge in [0.1, 0.15) is 0 Å². The maximum atomic E-state index is 11.9. The zero-order chi connectivity index (χ0) is 18.8. The summed E-state index contributed by atoms with van der Waals surface area (Å²) in [6.45, 7) is 6.38. The molecule has 7 nitrogen and oxygen atoms in total. The van der Waals surface area contributed by atoms with Crippen LogP contribution in [0.1, 0.15) is 66.2 Å². The van der Waals surface area contributed by atoms with Gasteiger partial charge in [0.05, 0.1) is 11.5 Å². The third-order valence-electron chi connectivity index (χ3n) is 3.60. The average Bonchev–Trinajstić information content (AvgIpc) is 2.47. The van der Waals surface area contributed by atoms with Gasteiger partial charge in [-0.05, 0) is 26.7 Å². The summed E-state index contributed by atoms with van der Waals surface area (Å²) in [5, 5.41) is 0. The van der Waals surface area contributed by atoms with Crippen molar-refractivity contribution in [1.29, 1.82) is 0 Å². The van der Waals surface area contributed by atoms with Crippen molar-refractivity contribution in [2.75, 3.05) is 11.5 Å². The smallest absolute Gasteiger partial charge is 0.415 e. The van der Waals surface area contributed by atoms with Crippen LogP contribution in [0.5, 0.6) is 0 Å². The van der Waals surface area contributed by atoms with Gasteiger partial charge >= 0.3 is 6.16 Å². The van der Waals surface area contributed by atoms with E-state index in [9.17, 15) is 21.6 Å². The summed E-state index contributed by atoms with van der Waals surface area (Å²) in [5.41, 5.74) is -2.73. The van der Waals surface area contributed by atoms with Crippen molar-refractivity contribution in [2.45, 2.75) is 77.1 Å². The number of hydrogen-bond donors (Lipinski definition) is 0. The zero-order valence-electron chi connectivity index (χ0n) is 15.0. The van der Waals surface area contributed by atoms with Crippen LogP contribution in [0.3, 0.4) is 0 Å². The van der Waals surface area contributed by atoms with Crippen molar-refractivity contribution in [2.24, 2.45) is 0 Å². The highest BCUT2D eigenvalue weighted by Crippen LogP contribution is 2.12. The summed E-state index contributed by atoms with van der Waals surface area (Å²) in [6, 6.07) is 0. The second-order valence-corrected chi connectivity index (χ2v) is 10.6. The Balaban J connectivity index is 4.51. The van der Waals surface area contributed by atoms with Crippen molar-refractivity contribution in [3.05, 3.63) is 0 Å². The number of hydrogen-bond acceptors (Lipinski definition) is 7. The van der Waals surface area contributed by atoms with Gasteiger partial charge in [0.15, 0.2) is 19.7 Å². The van der Waals surface area contributed by atoms with E-state index in [1.807, 2.05) is 13.8 Å². The SMILES string of the molecule is CCCCCS(=O)(=O)C(C)OC(=O)OC(C)S(=O)(=O)CCCCC. The fourth-order valence-electron chi connectivity index (χ4n) is 1.88. The first kappa shape index (κ1) is 23.2. The van der Waals surface area contributed by atoms with Crippen molar-refractivity contribution in [3.63, 3.8) is 0 Å². The van der Waals surface area contributed by atoms with Crippen molar-refractivity contribution >= 4 is 25.8 Å². The maximum Gasteiger partial charge on any atom is 0.510 e. The molecule has 2 atom stereocenters. The van der Waals surface area contributed by atoms with E-state index in [1.165, 1.54) is 13.8 Å². The summed E-state index contributed by atoms with van der Waals surface area (Å²) < 4.78 is 57.2. The van der Waals surface area contributed by atoms with Crippen LogP contribution in [0.4, 0.5) is 4.79 Å². The molecule has 144 valence electrons. The molecule has 0 N–H and O–H groups in total. The lowest BCUT2D eigenvalue weighted by Gasteiger charge is -2.17. The molecule has 9 heteroatoms. The molecule has 0 saturated carbocycles. The van der Waals surface area contributed by atoms with Gasteiger partial charge in [-0.15, -0.1) is 0 Å². The molecule has 0 heterocycles.